The summed E-state index contributed by atoms with van der Waals surface area (Å²) in [4.78, 5) is 29.8. The summed E-state index contributed by atoms with van der Waals surface area (Å²) < 4.78 is 5.20. The quantitative estimate of drug-likeness (QED) is 0.312. The third-order valence-electron chi connectivity index (χ3n) is 6.19. The molecule has 1 fully saturated rings. The Morgan fingerprint density at radius 1 is 1.16 bits per heavy atom. The van der Waals surface area contributed by atoms with Crippen LogP contribution in [-0.4, -0.2) is 32.4 Å². The van der Waals surface area contributed by atoms with Gasteiger partial charge in [0.1, 0.15) is 12.2 Å². The van der Waals surface area contributed by atoms with E-state index < -0.39 is 0 Å². The van der Waals surface area contributed by atoms with Crippen molar-refractivity contribution in [2.24, 2.45) is 0 Å². The number of piperidine rings is 1. The third-order valence-corrected chi connectivity index (χ3v) is 8.13. The maximum atomic E-state index is 13.6. The standard InChI is InChI=1S/C24H22BrN3O2S2/c1-15-6-4-5-13-26(15)20(29)14-27-22-21(16-9-11-17(25)12-10-16)32-24(31)28(22)19-8-3-2-7-18(19)23(27)30/h2-3,7-12,15H,4-6,13-14H2,1H3. The number of para-hydroxylation sites is 1. The number of hydrogen-bond acceptors (Lipinski definition) is 4. The van der Waals surface area contributed by atoms with Crippen LogP contribution in [0.4, 0.5) is 0 Å². The maximum absolute atomic E-state index is 13.6. The zero-order valence-corrected chi connectivity index (χ0v) is 20.8. The number of carbonyl (C=O) groups is 1. The van der Waals surface area contributed by atoms with Crippen molar-refractivity contribution >= 4 is 61.9 Å². The zero-order chi connectivity index (χ0) is 22.4. The number of halogens is 1. The average Bonchev–Trinajstić information content (AvgIpc) is 3.14. The lowest BCUT2D eigenvalue weighted by Crippen LogP contribution is -2.44. The minimum Gasteiger partial charge on any atom is -0.338 e. The topological polar surface area (TPSA) is 46.7 Å². The van der Waals surface area contributed by atoms with Gasteiger partial charge in [0.15, 0.2) is 3.95 Å². The van der Waals surface area contributed by atoms with E-state index in [1.165, 1.54) is 11.3 Å². The molecule has 2 aromatic heterocycles. The van der Waals surface area contributed by atoms with Crippen molar-refractivity contribution < 1.29 is 4.79 Å². The molecule has 0 N–H and O–H groups in total. The van der Waals surface area contributed by atoms with Gasteiger partial charge in [0, 0.05) is 17.1 Å². The SMILES string of the molecule is CC1CCCCN1C(=O)Cn1c(=O)c2ccccc2n2c(=S)sc(-c3ccc(Br)cc3)c12. The molecule has 2 aromatic carbocycles. The average molecular weight is 528 g/mol. The van der Waals surface area contributed by atoms with Crippen LogP contribution < -0.4 is 5.56 Å². The van der Waals surface area contributed by atoms with E-state index in [-0.39, 0.29) is 24.1 Å². The van der Waals surface area contributed by atoms with Crippen LogP contribution in [0.2, 0.25) is 0 Å². The van der Waals surface area contributed by atoms with Crippen LogP contribution in [0.3, 0.4) is 0 Å². The first-order valence-corrected chi connectivity index (χ1v) is 12.7. The molecule has 1 unspecified atom stereocenters. The summed E-state index contributed by atoms with van der Waals surface area (Å²) in [5, 5.41) is 0.566. The summed E-state index contributed by atoms with van der Waals surface area (Å²) in [7, 11) is 0. The highest BCUT2D eigenvalue weighted by Gasteiger charge is 2.26. The molecule has 1 saturated heterocycles. The van der Waals surface area contributed by atoms with E-state index in [1.54, 1.807) is 10.6 Å². The van der Waals surface area contributed by atoms with E-state index in [2.05, 4.69) is 22.9 Å². The molecule has 5 nitrogen and oxygen atoms in total. The molecular weight excluding hydrogens is 506 g/mol. The molecule has 8 heteroatoms. The number of rotatable bonds is 3. The molecule has 0 aliphatic carbocycles. The molecule has 0 saturated carbocycles. The lowest BCUT2D eigenvalue weighted by Gasteiger charge is -2.33. The monoisotopic (exact) mass is 527 g/mol. The fourth-order valence-electron chi connectivity index (χ4n) is 4.54. The van der Waals surface area contributed by atoms with Crippen molar-refractivity contribution in [3.05, 3.63) is 67.3 Å². The van der Waals surface area contributed by atoms with Crippen LogP contribution in [0, 0.1) is 3.95 Å². The van der Waals surface area contributed by atoms with Crippen LogP contribution in [0.25, 0.3) is 27.0 Å². The molecule has 32 heavy (non-hydrogen) atoms. The Bertz CT molecular complexity index is 1450. The number of carbonyl (C=O) groups excluding carboxylic acids is 1. The summed E-state index contributed by atoms with van der Waals surface area (Å²) in [6.07, 6.45) is 3.14. The van der Waals surface area contributed by atoms with Gasteiger partial charge in [0.2, 0.25) is 5.91 Å². The minimum atomic E-state index is -0.162. The lowest BCUT2D eigenvalue weighted by molar-refractivity contribution is -0.135. The Kier molecular flexibility index (Phi) is 5.77. The second-order valence-corrected chi connectivity index (χ2v) is 10.8. The Hall–Kier alpha value is -2.29. The molecule has 5 rings (SSSR count). The van der Waals surface area contributed by atoms with Crippen molar-refractivity contribution in [3.8, 4) is 10.4 Å². The number of nitrogens with zero attached hydrogens (tertiary/aromatic N) is 3. The van der Waals surface area contributed by atoms with Gasteiger partial charge in [-0.05, 0) is 68.2 Å². The van der Waals surface area contributed by atoms with Crippen molar-refractivity contribution in [1.82, 2.24) is 13.9 Å². The molecule has 164 valence electrons. The first kappa shape index (κ1) is 21.6. The van der Waals surface area contributed by atoms with E-state index >= 15 is 0 Å². The number of likely N-dealkylation sites (tertiary alicyclic amines) is 1. The van der Waals surface area contributed by atoms with Gasteiger partial charge in [0.25, 0.3) is 5.56 Å². The number of amides is 1. The van der Waals surface area contributed by atoms with E-state index in [1.807, 2.05) is 51.8 Å². The highest BCUT2D eigenvalue weighted by Crippen LogP contribution is 2.34. The zero-order valence-electron chi connectivity index (χ0n) is 17.6. The predicted octanol–water partition coefficient (Wildman–Crippen LogP) is 5.88. The number of fused-ring (bicyclic) bond motifs is 3. The van der Waals surface area contributed by atoms with Crippen LogP contribution in [0.1, 0.15) is 26.2 Å². The third kappa shape index (κ3) is 3.64. The van der Waals surface area contributed by atoms with Crippen LogP contribution in [-0.2, 0) is 11.3 Å². The molecular formula is C24H22BrN3O2S2. The Labute approximate surface area is 203 Å². The largest absolute Gasteiger partial charge is 0.338 e. The first-order chi connectivity index (χ1) is 15.5. The Morgan fingerprint density at radius 3 is 2.66 bits per heavy atom. The molecule has 0 radical (unpaired) electrons. The normalized spacial score (nSPS) is 16.7. The fraction of sp³-hybridized carbons (Fsp3) is 0.292. The van der Waals surface area contributed by atoms with Gasteiger partial charge in [-0.1, -0.05) is 40.2 Å². The minimum absolute atomic E-state index is 0.00649. The molecule has 1 aliphatic rings. The lowest BCUT2D eigenvalue weighted by atomic mass is 10.0. The van der Waals surface area contributed by atoms with Crippen LogP contribution in [0.15, 0.2) is 57.8 Å². The highest BCUT2D eigenvalue weighted by atomic mass is 79.9. The van der Waals surface area contributed by atoms with E-state index in [0.29, 0.717) is 15.0 Å². The summed E-state index contributed by atoms with van der Waals surface area (Å²) >= 11 is 10.7. The Morgan fingerprint density at radius 2 is 1.91 bits per heavy atom. The van der Waals surface area contributed by atoms with Crippen LogP contribution in [0.5, 0.6) is 0 Å². The summed E-state index contributed by atoms with van der Waals surface area (Å²) in [6.45, 7) is 2.84. The predicted molar refractivity (Wildman–Crippen MR) is 136 cm³/mol. The number of aromatic nitrogens is 2. The van der Waals surface area contributed by atoms with Gasteiger partial charge in [-0.3, -0.25) is 18.6 Å². The number of thiazole rings is 1. The highest BCUT2D eigenvalue weighted by molar-refractivity contribution is 9.10. The summed E-state index contributed by atoms with van der Waals surface area (Å²) in [5.41, 5.74) is 2.26. The van der Waals surface area contributed by atoms with Crippen molar-refractivity contribution in [3.63, 3.8) is 0 Å². The van der Waals surface area contributed by atoms with Crippen molar-refractivity contribution in [1.29, 1.82) is 0 Å². The molecule has 1 atom stereocenters. The van der Waals surface area contributed by atoms with Gasteiger partial charge in [-0.15, -0.1) is 11.3 Å². The number of hydrogen-bond donors (Lipinski definition) is 0. The summed E-state index contributed by atoms with van der Waals surface area (Å²) in [6, 6.07) is 15.6. The van der Waals surface area contributed by atoms with Gasteiger partial charge < -0.3 is 4.90 Å². The second-order valence-electron chi connectivity index (χ2n) is 8.20. The molecule has 1 aliphatic heterocycles. The first-order valence-electron chi connectivity index (χ1n) is 10.7. The number of benzene rings is 2. The molecule has 1 amide bonds. The van der Waals surface area contributed by atoms with E-state index in [9.17, 15) is 9.59 Å². The van der Waals surface area contributed by atoms with Crippen LogP contribution >= 0.6 is 39.5 Å². The molecule has 4 aromatic rings. The van der Waals surface area contributed by atoms with E-state index in [4.69, 9.17) is 12.2 Å². The van der Waals surface area contributed by atoms with Gasteiger partial charge >= 0.3 is 0 Å². The van der Waals surface area contributed by atoms with Gasteiger partial charge in [0.05, 0.1) is 15.8 Å². The Balaban J connectivity index is 1.77. The summed E-state index contributed by atoms with van der Waals surface area (Å²) in [5.74, 6) is -0.0182. The maximum Gasteiger partial charge on any atom is 0.262 e. The second kappa shape index (κ2) is 8.57. The molecule has 3 heterocycles. The smallest absolute Gasteiger partial charge is 0.262 e. The molecule has 0 bridgehead atoms. The van der Waals surface area contributed by atoms with E-state index in [0.717, 1.165) is 46.2 Å². The van der Waals surface area contributed by atoms with Gasteiger partial charge in [-0.2, -0.15) is 0 Å². The molecule has 0 spiro atoms. The van der Waals surface area contributed by atoms with Gasteiger partial charge in [-0.25, -0.2) is 0 Å². The van der Waals surface area contributed by atoms with Crippen molar-refractivity contribution in [2.45, 2.75) is 38.8 Å². The van der Waals surface area contributed by atoms with Crippen molar-refractivity contribution in [2.75, 3.05) is 6.54 Å². The fourth-order valence-corrected chi connectivity index (χ4v) is 6.24.